The summed E-state index contributed by atoms with van der Waals surface area (Å²) in [5.74, 6) is 0.508. The highest BCUT2D eigenvalue weighted by Crippen LogP contribution is 2.22. The third-order valence-corrected chi connectivity index (χ3v) is 4.55. The molecule has 3 aromatic carbocycles. The summed E-state index contributed by atoms with van der Waals surface area (Å²) in [4.78, 5) is 25.5. The van der Waals surface area contributed by atoms with Crippen LogP contribution in [0.1, 0.15) is 32.6 Å². The number of anilines is 1. The molecule has 0 radical (unpaired) electrons. The van der Waals surface area contributed by atoms with Gasteiger partial charge in [0, 0.05) is 11.1 Å². The molecule has 3 rings (SSSR count). The van der Waals surface area contributed by atoms with Crippen LogP contribution in [0.3, 0.4) is 0 Å². The zero-order valence-corrected chi connectivity index (χ0v) is 16.3. The summed E-state index contributed by atoms with van der Waals surface area (Å²) in [6, 6.07) is 20.2. The molecule has 0 aromatic heterocycles. The lowest BCUT2D eigenvalue weighted by Gasteiger charge is -2.12. The van der Waals surface area contributed by atoms with Crippen molar-refractivity contribution in [3.8, 4) is 5.75 Å². The van der Waals surface area contributed by atoms with Crippen LogP contribution in [-0.4, -0.2) is 18.8 Å². The number of ether oxygens (including phenoxy) is 1. The SMILES string of the molecule is COc1ccc(CC(=O)Nc2ccc(C)cc2C(=O)c2ccccc2)cc1C. The summed E-state index contributed by atoms with van der Waals surface area (Å²) in [6.07, 6.45) is 0.220. The number of hydrogen-bond donors (Lipinski definition) is 1. The number of amides is 1. The van der Waals surface area contributed by atoms with E-state index in [4.69, 9.17) is 4.74 Å². The highest BCUT2D eigenvalue weighted by atomic mass is 16.5. The quantitative estimate of drug-likeness (QED) is 0.636. The van der Waals surface area contributed by atoms with Crippen molar-refractivity contribution in [1.82, 2.24) is 0 Å². The molecule has 0 atom stereocenters. The first-order valence-electron chi connectivity index (χ1n) is 9.11. The normalized spacial score (nSPS) is 10.4. The van der Waals surface area contributed by atoms with Crippen molar-refractivity contribution < 1.29 is 14.3 Å². The van der Waals surface area contributed by atoms with Gasteiger partial charge in [-0.15, -0.1) is 0 Å². The average Bonchev–Trinajstić information content (AvgIpc) is 2.69. The Kier molecular flexibility index (Phi) is 5.90. The molecular formula is C24H23NO3. The first-order chi connectivity index (χ1) is 13.5. The van der Waals surface area contributed by atoms with E-state index in [2.05, 4.69) is 5.32 Å². The van der Waals surface area contributed by atoms with Crippen LogP contribution in [0.2, 0.25) is 0 Å². The van der Waals surface area contributed by atoms with Crippen molar-refractivity contribution in [2.75, 3.05) is 12.4 Å². The van der Waals surface area contributed by atoms with Gasteiger partial charge in [-0.05, 0) is 43.2 Å². The van der Waals surface area contributed by atoms with Crippen molar-refractivity contribution in [3.63, 3.8) is 0 Å². The zero-order valence-electron chi connectivity index (χ0n) is 16.3. The number of nitrogens with one attached hydrogen (secondary N) is 1. The maximum absolute atomic E-state index is 12.9. The maximum atomic E-state index is 12.9. The van der Waals surface area contributed by atoms with Gasteiger partial charge >= 0.3 is 0 Å². The van der Waals surface area contributed by atoms with Crippen LogP contribution in [-0.2, 0) is 11.2 Å². The number of methoxy groups -OCH3 is 1. The molecule has 4 heteroatoms. The molecule has 0 unspecified atom stereocenters. The van der Waals surface area contributed by atoms with Crippen LogP contribution in [0.4, 0.5) is 5.69 Å². The van der Waals surface area contributed by atoms with E-state index in [0.29, 0.717) is 16.8 Å². The monoisotopic (exact) mass is 373 g/mol. The predicted molar refractivity (Wildman–Crippen MR) is 111 cm³/mol. The lowest BCUT2D eigenvalue weighted by atomic mass is 9.99. The predicted octanol–water partition coefficient (Wildman–Crippen LogP) is 4.72. The third-order valence-electron chi connectivity index (χ3n) is 4.55. The fourth-order valence-electron chi connectivity index (χ4n) is 3.13. The summed E-state index contributed by atoms with van der Waals surface area (Å²) in [6.45, 7) is 3.87. The Hall–Kier alpha value is -3.40. The fraction of sp³-hybridized carbons (Fsp3) is 0.167. The number of carbonyl (C=O) groups is 2. The molecule has 0 aliphatic carbocycles. The van der Waals surface area contributed by atoms with E-state index < -0.39 is 0 Å². The van der Waals surface area contributed by atoms with Gasteiger partial charge in [-0.2, -0.15) is 0 Å². The lowest BCUT2D eigenvalue weighted by Crippen LogP contribution is -2.17. The van der Waals surface area contributed by atoms with Gasteiger partial charge in [-0.3, -0.25) is 9.59 Å². The number of rotatable bonds is 6. The third kappa shape index (κ3) is 4.46. The Morgan fingerprint density at radius 1 is 0.929 bits per heavy atom. The standard InChI is InChI=1S/C24H23NO3/c1-16-9-11-21(20(13-16)24(27)19-7-5-4-6-8-19)25-23(26)15-18-10-12-22(28-3)17(2)14-18/h4-14H,15H2,1-3H3,(H,25,26). The Labute approximate surface area is 165 Å². The van der Waals surface area contributed by atoms with Crippen LogP contribution in [0.25, 0.3) is 0 Å². The molecule has 0 bridgehead atoms. The number of ketones is 1. The highest BCUT2D eigenvalue weighted by Gasteiger charge is 2.16. The summed E-state index contributed by atoms with van der Waals surface area (Å²) < 4.78 is 5.26. The minimum atomic E-state index is -0.171. The molecule has 4 nitrogen and oxygen atoms in total. The zero-order chi connectivity index (χ0) is 20.1. The van der Waals surface area contributed by atoms with Crippen molar-refractivity contribution >= 4 is 17.4 Å². The number of benzene rings is 3. The van der Waals surface area contributed by atoms with Crippen LogP contribution >= 0.6 is 0 Å². The molecule has 1 N–H and O–H groups in total. The second-order valence-corrected chi connectivity index (χ2v) is 6.77. The first-order valence-corrected chi connectivity index (χ1v) is 9.11. The van der Waals surface area contributed by atoms with E-state index in [1.807, 2.05) is 62.4 Å². The average molecular weight is 373 g/mol. The highest BCUT2D eigenvalue weighted by molar-refractivity contribution is 6.14. The van der Waals surface area contributed by atoms with Crippen LogP contribution in [0.5, 0.6) is 5.75 Å². The molecular weight excluding hydrogens is 350 g/mol. The van der Waals surface area contributed by atoms with Gasteiger partial charge in [-0.1, -0.05) is 54.1 Å². The molecule has 0 aliphatic heterocycles. The number of carbonyl (C=O) groups excluding carboxylic acids is 2. The molecule has 0 saturated heterocycles. The van der Waals surface area contributed by atoms with E-state index in [-0.39, 0.29) is 18.1 Å². The van der Waals surface area contributed by atoms with E-state index in [9.17, 15) is 9.59 Å². The van der Waals surface area contributed by atoms with Crippen molar-refractivity contribution in [1.29, 1.82) is 0 Å². The molecule has 0 aliphatic rings. The van der Waals surface area contributed by atoms with Gasteiger partial charge < -0.3 is 10.1 Å². The maximum Gasteiger partial charge on any atom is 0.228 e. The van der Waals surface area contributed by atoms with E-state index in [1.165, 1.54) is 0 Å². The molecule has 0 heterocycles. The molecule has 0 fully saturated rings. The number of aryl methyl sites for hydroxylation is 2. The van der Waals surface area contributed by atoms with E-state index in [0.717, 1.165) is 22.4 Å². The van der Waals surface area contributed by atoms with E-state index >= 15 is 0 Å². The smallest absolute Gasteiger partial charge is 0.228 e. The minimum Gasteiger partial charge on any atom is -0.496 e. The molecule has 3 aromatic rings. The summed E-state index contributed by atoms with van der Waals surface area (Å²) in [7, 11) is 1.62. The van der Waals surface area contributed by atoms with Crippen molar-refractivity contribution in [3.05, 3.63) is 94.5 Å². The Morgan fingerprint density at radius 3 is 2.36 bits per heavy atom. The molecule has 1 amide bonds. The minimum absolute atomic E-state index is 0.111. The first kappa shape index (κ1) is 19.4. The second-order valence-electron chi connectivity index (χ2n) is 6.77. The van der Waals surface area contributed by atoms with Gasteiger partial charge in [0.05, 0.1) is 19.2 Å². The van der Waals surface area contributed by atoms with Gasteiger partial charge in [0.25, 0.3) is 0 Å². The Morgan fingerprint density at radius 2 is 1.68 bits per heavy atom. The summed E-state index contributed by atoms with van der Waals surface area (Å²) in [5, 5.41) is 2.89. The van der Waals surface area contributed by atoms with E-state index in [1.54, 1.807) is 25.3 Å². The Balaban J connectivity index is 1.81. The molecule has 28 heavy (non-hydrogen) atoms. The van der Waals surface area contributed by atoms with Gasteiger partial charge in [0.1, 0.15) is 5.75 Å². The molecule has 0 saturated carbocycles. The van der Waals surface area contributed by atoms with Crippen molar-refractivity contribution in [2.45, 2.75) is 20.3 Å². The molecule has 0 spiro atoms. The van der Waals surface area contributed by atoms with Gasteiger partial charge in [-0.25, -0.2) is 0 Å². The van der Waals surface area contributed by atoms with Gasteiger partial charge in [0.2, 0.25) is 5.91 Å². The number of hydrogen-bond acceptors (Lipinski definition) is 3. The fourth-order valence-corrected chi connectivity index (χ4v) is 3.13. The van der Waals surface area contributed by atoms with Crippen LogP contribution in [0, 0.1) is 13.8 Å². The Bertz CT molecular complexity index is 1010. The van der Waals surface area contributed by atoms with Crippen molar-refractivity contribution in [2.24, 2.45) is 0 Å². The summed E-state index contributed by atoms with van der Waals surface area (Å²) in [5.41, 5.74) is 4.43. The largest absolute Gasteiger partial charge is 0.496 e. The summed E-state index contributed by atoms with van der Waals surface area (Å²) >= 11 is 0. The van der Waals surface area contributed by atoms with Crippen LogP contribution in [0.15, 0.2) is 66.7 Å². The van der Waals surface area contributed by atoms with Crippen LogP contribution < -0.4 is 10.1 Å². The second kappa shape index (κ2) is 8.53. The van der Waals surface area contributed by atoms with Gasteiger partial charge in [0.15, 0.2) is 5.78 Å². The lowest BCUT2D eigenvalue weighted by molar-refractivity contribution is -0.115. The molecule has 142 valence electrons. The topological polar surface area (TPSA) is 55.4 Å².